The molecular formula is C58H52N4O13. The number of hydrogen-bond acceptors (Lipinski definition) is 14. The number of hydrogen-bond donors (Lipinski definition) is 2. The van der Waals surface area contributed by atoms with Crippen LogP contribution in [0.5, 0.6) is 17.2 Å². The highest BCUT2D eigenvalue weighted by atomic mass is 16.6. The van der Waals surface area contributed by atoms with Crippen molar-refractivity contribution in [2.75, 3.05) is 45.5 Å². The van der Waals surface area contributed by atoms with Crippen LogP contribution in [0.3, 0.4) is 0 Å². The van der Waals surface area contributed by atoms with Crippen LogP contribution >= 0.6 is 0 Å². The Balaban J connectivity index is 1.23. The summed E-state index contributed by atoms with van der Waals surface area (Å²) < 4.78 is 29.7. The molecule has 10 rings (SSSR count). The number of fused-ring (bicyclic) bond motifs is 4. The van der Waals surface area contributed by atoms with Crippen molar-refractivity contribution in [3.05, 3.63) is 194 Å². The Morgan fingerprint density at radius 2 is 1.48 bits per heavy atom. The van der Waals surface area contributed by atoms with Crippen molar-refractivity contribution in [3.63, 3.8) is 0 Å². The number of non-ortho nitro benzene ring substituents is 1. The molecule has 6 aromatic rings. The van der Waals surface area contributed by atoms with E-state index in [0.717, 1.165) is 16.0 Å². The molecule has 382 valence electrons. The van der Waals surface area contributed by atoms with Gasteiger partial charge in [0.05, 0.1) is 56.0 Å². The average Bonchev–Trinajstić information content (AvgIpc) is 4.11. The first-order valence-electron chi connectivity index (χ1n) is 24.4. The highest BCUT2D eigenvalue weighted by Gasteiger charge is 2.76. The molecule has 4 aliphatic heterocycles. The van der Waals surface area contributed by atoms with Gasteiger partial charge in [-0.1, -0.05) is 84.6 Å². The highest BCUT2D eigenvalue weighted by molar-refractivity contribution is 6.23. The van der Waals surface area contributed by atoms with Crippen molar-refractivity contribution in [2.24, 2.45) is 5.92 Å². The van der Waals surface area contributed by atoms with Crippen molar-refractivity contribution >= 4 is 35.3 Å². The Labute approximate surface area is 431 Å². The Hall–Kier alpha value is -8.56. The van der Waals surface area contributed by atoms with E-state index in [9.17, 15) is 25.1 Å². The summed E-state index contributed by atoms with van der Waals surface area (Å²) in [5.74, 6) is 3.65. The topological polar surface area (TPSA) is 208 Å². The lowest BCUT2D eigenvalue weighted by Gasteiger charge is -2.46. The zero-order valence-electron chi connectivity index (χ0n) is 41.0. The fourth-order valence-electron chi connectivity index (χ4n) is 11.3. The van der Waals surface area contributed by atoms with Crippen LogP contribution in [0.2, 0.25) is 0 Å². The van der Waals surface area contributed by atoms with Gasteiger partial charge in [0, 0.05) is 37.2 Å². The Bertz CT molecular complexity index is 3220. The minimum Gasteiger partial charge on any atom is -0.493 e. The summed E-state index contributed by atoms with van der Waals surface area (Å²) in [5.41, 5.74) is 2.32. The molecule has 6 aromatic carbocycles. The van der Waals surface area contributed by atoms with E-state index >= 15 is 14.4 Å². The van der Waals surface area contributed by atoms with Crippen LogP contribution in [-0.2, 0) is 48.8 Å². The van der Waals surface area contributed by atoms with Crippen LogP contribution in [0.4, 0.5) is 16.2 Å². The Kier molecular flexibility index (Phi) is 14.1. The van der Waals surface area contributed by atoms with Crippen molar-refractivity contribution in [3.8, 4) is 29.1 Å². The summed E-state index contributed by atoms with van der Waals surface area (Å²) in [6.45, 7) is -0.606. The van der Waals surface area contributed by atoms with E-state index in [-0.39, 0.29) is 62.9 Å². The molecule has 2 saturated heterocycles. The van der Waals surface area contributed by atoms with E-state index in [1.807, 2.05) is 77.7 Å². The number of amides is 3. The molecule has 0 saturated carbocycles. The van der Waals surface area contributed by atoms with E-state index < -0.39 is 64.4 Å². The number of aliphatic hydroxyl groups excluding tert-OH is 2. The number of ether oxygens (including phenoxy) is 5. The smallest absolute Gasteiger partial charge is 0.421 e. The predicted molar refractivity (Wildman–Crippen MR) is 271 cm³/mol. The number of anilines is 1. The van der Waals surface area contributed by atoms with E-state index in [0.29, 0.717) is 51.5 Å². The number of morpholine rings is 1. The zero-order chi connectivity index (χ0) is 52.4. The van der Waals surface area contributed by atoms with Crippen LogP contribution in [0.25, 0.3) is 0 Å². The van der Waals surface area contributed by atoms with Crippen molar-refractivity contribution in [1.82, 2.24) is 9.80 Å². The lowest BCUT2D eigenvalue weighted by Crippen LogP contribution is -2.57. The fourth-order valence-corrected chi connectivity index (χ4v) is 11.3. The summed E-state index contributed by atoms with van der Waals surface area (Å²) in [5, 5.41) is 30.9. The van der Waals surface area contributed by atoms with Crippen LogP contribution in [0.1, 0.15) is 69.1 Å². The lowest BCUT2D eigenvalue weighted by molar-refractivity contribution is -0.384. The quantitative estimate of drug-likeness (QED) is 0.0504. The summed E-state index contributed by atoms with van der Waals surface area (Å²) >= 11 is 0. The van der Waals surface area contributed by atoms with Gasteiger partial charge >= 0.3 is 12.1 Å². The van der Waals surface area contributed by atoms with E-state index in [4.69, 9.17) is 23.7 Å². The molecule has 0 aromatic heterocycles. The lowest BCUT2D eigenvalue weighted by atomic mass is 9.64. The standard InChI is InChI=1S/C58H52N4O13/c1-71-47-32-41-26-27-59(34-42(41)33-48(47)72-2)54(65)49-51-55(66)75-52(39-14-7-4-8-15-39)50(38-12-5-3-6-13-38)61(51)53(40-19-23-44(24-20-40)73-30-29-64)58(49)45-31-36(11-9-10-28-63)18-25-46(45)60(56(58)67)57(68)74-35-37-16-21-43(22-17-37)62(69)70/h3-8,12-25,31-33,49-53,63-64H,10,26-30,34-35H2,1-2H3/t49-,50-,51-,52+,53+,58-/m0/s1. The maximum absolute atomic E-state index is 16.8. The molecular weight excluding hydrogens is 961 g/mol. The zero-order valence-corrected chi connectivity index (χ0v) is 41.0. The molecule has 0 bridgehead atoms. The van der Waals surface area contributed by atoms with Gasteiger partial charge in [-0.2, -0.15) is 0 Å². The van der Waals surface area contributed by atoms with Gasteiger partial charge in [-0.3, -0.25) is 29.4 Å². The second kappa shape index (κ2) is 21.1. The number of aliphatic hydroxyl groups is 2. The molecule has 17 heteroatoms. The van der Waals surface area contributed by atoms with Crippen molar-refractivity contribution < 1.29 is 58.0 Å². The molecule has 4 heterocycles. The first-order chi connectivity index (χ1) is 36.5. The largest absolute Gasteiger partial charge is 0.493 e. The third-order valence-electron chi connectivity index (χ3n) is 14.5. The van der Waals surface area contributed by atoms with Crippen LogP contribution in [-0.4, -0.2) is 95.4 Å². The Morgan fingerprint density at radius 3 is 2.13 bits per heavy atom. The normalized spacial score (nSPS) is 21.5. The molecule has 0 radical (unpaired) electrons. The van der Waals surface area contributed by atoms with Gasteiger partial charge in [0.1, 0.15) is 36.5 Å². The predicted octanol–water partition coefficient (Wildman–Crippen LogP) is 7.30. The number of carbonyl (C=O) groups is 4. The van der Waals surface area contributed by atoms with Gasteiger partial charge in [0.15, 0.2) is 11.5 Å². The molecule has 2 N–H and O–H groups in total. The number of nitrogens with zero attached hydrogens (tertiary/aromatic N) is 4. The summed E-state index contributed by atoms with van der Waals surface area (Å²) in [4.78, 5) is 79.3. The number of methoxy groups -OCH3 is 2. The summed E-state index contributed by atoms with van der Waals surface area (Å²) in [7, 11) is 3.07. The number of imide groups is 1. The van der Waals surface area contributed by atoms with E-state index in [1.54, 1.807) is 54.5 Å². The molecule has 2 fully saturated rings. The number of nitro groups is 1. The number of carbonyl (C=O) groups excluding carboxylic acids is 4. The van der Waals surface area contributed by atoms with Gasteiger partial charge in [0.2, 0.25) is 11.8 Å². The fraction of sp³-hybridized carbons (Fsp3) is 0.276. The van der Waals surface area contributed by atoms with Gasteiger partial charge < -0.3 is 38.8 Å². The van der Waals surface area contributed by atoms with Gasteiger partial charge in [-0.05, 0) is 100.0 Å². The minimum absolute atomic E-state index is 0.00131. The van der Waals surface area contributed by atoms with Crippen LogP contribution in [0.15, 0.2) is 140 Å². The molecule has 0 aliphatic carbocycles. The third-order valence-corrected chi connectivity index (χ3v) is 14.5. The SMILES string of the molecule is COc1cc2c(cc1OC)CN(C(=O)[C@@H]1[C@H]3C(=O)O[C@H](c4ccccc4)[C@H](c4ccccc4)N3[C@H](c3ccc(OCCO)cc3)[C@@]13C(=O)N(C(=O)OCc1ccc([N+](=O)[O-])cc1)c1ccc(C#CCCO)cc13)CC2. The molecule has 17 nitrogen and oxygen atoms in total. The molecule has 4 aliphatic rings. The monoisotopic (exact) mass is 1010 g/mol. The second-order valence-electron chi connectivity index (χ2n) is 18.5. The van der Waals surface area contributed by atoms with Gasteiger partial charge in [-0.25, -0.2) is 9.69 Å². The number of benzene rings is 6. The van der Waals surface area contributed by atoms with Crippen molar-refractivity contribution in [2.45, 2.75) is 55.6 Å². The van der Waals surface area contributed by atoms with E-state index in [1.165, 1.54) is 31.4 Å². The van der Waals surface area contributed by atoms with Crippen LogP contribution < -0.4 is 19.1 Å². The maximum Gasteiger partial charge on any atom is 0.421 e. The summed E-state index contributed by atoms with van der Waals surface area (Å²) in [6.07, 6.45) is -1.56. The van der Waals surface area contributed by atoms with Crippen LogP contribution in [0, 0.1) is 27.9 Å². The van der Waals surface area contributed by atoms with E-state index in [2.05, 4.69) is 11.8 Å². The molecule has 75 heavy (non-hydrogen) atoms. The highest BCUT2D eigenvalue weighted by Crippen LogP contribution is 2.66. The van der Waals surface area contributed by atoms with Gasteiger partial charge in [0.25, 0.3) is 5.69 Å². The Morgan fingerprint density at radius 1 is 0.800 bits per heavy atom. The first-order valence-corrected chi connectivity index (χ1v) is 24.4. The number of esters is 1. The van der Waals surface area contributed by atoms with Gasteiger partial charge in [-0.15, -0.1) is 0 Å². The number of cyclic esters (lactones) is 1. The number of nitro benzene ring substituents is 1. The molecule has 6 atom stereocenters. The minimum atomic E-state index is -2.14. The average molecular weight is 1010 g/mol. The number of rotatable bonds is 13. The molecule has 0 unspecified atom stereocenters. The maximum atomic E-state index is 16.8. The third kappa shape index (κ3) is 8.96. The molecule has 3 amide bonds. The van der Waals surface area contributed by atoms with Crippen molar-refractivity contribution in [1.29, 1.82) is 0 Å². The summed E-state index contributed by atoms with van der Waals surface area (Å²) in [6, 6.07) is 36.0. The first kappa shape index (κ1) is 50.0. The molecule has 1 spiro atoms. The second-order valence-corrected chi connectivity index (χ2v) is 18.5.